The summed E-state index contributed by atoms with van der Waals surface area (Å²) < 4.78 is 0. The number of carbonyl (C=O) groups is 2. The Kier molecular flexibility index (Phi) is 3.67. The second-order valence-corrected chi connectivity index (χ2v) is 5.57. The Bertz CT molecular complexity index is 721. The highest BCUT2D eigenvalue weighted by molar-refractivity contribution is 5.99. The van der Waals surface area contributed by atoms with Gasteiger partial charge in [-0.05, 0) is 35.1 Å². The normalized spacial score (nSPS) is 16.5. The predicted octanol–water partition coefficient (Wildman–Crippen LogP) is 3.02. The van der Waals surface area contributed by atoms with Gasteiger partial charge in [0, 0.05) is 5.92 Å². The SMILES string of the molecule is O=C(O)C(C(=O)O)c1cccc(C2CCc3ccccc32)c1. The molecule has 112 valence electrons. The zero-order valence-corrected chi connectivity index (χ0v) is 11.9. The number of fused-ring (bicyclic) bond motifs is 1. The summed E-state index contributed by atoms with van der Waals surface area (Å²) in [4.78, 5) is 22.4. The van der Waals surface area contributed by atoms with Crippen molar-refractivity contribution in [1.82, 2.24) is 0 Å². The first-order chi connectivity index (χ1) is 10.6. The highest BCUT2D eigenvalue weighted by Gasteiger charge is 2.29. The van der Waals surface area contributed by atoms with Crippen molar-refractivity contribution in [3.63, 3.8) is 0 Å². The van der Waals surface area contributed by atoms with Crippen LogP contribution >= 0.6 is 0 Å². The molecule has 4 heteroatoms. The third-order valence-corrected chi connectivity index (χ3v) is 4.27. The van der Waals surface area contributed by atoms with Gasteiger partial charge in [-0.15, -0.1) is 0 Å². The second-order valence-electron chi connectivity index (χ2n) is 5.57. The van der Waals surface area contributed by atoms with Crippen LogP contribution in [-0.2, 0) is 16.0 Å². The molecule has 0 fully saturated rings. The number of rotatable bonds is 4. The summed E-state index contributed by atoms with van der Waals surface area (Å²) in [7, 11) is 0. The molecular formula is C18H16O4. The largest absolute Gasteiger partial charge is 0.480 e. The van der Waals surface area contributed by atoms with E-state index in [1.165, 1.54) is 11.1 Å². The van der Waals surface area contributed by atoms with E-state index in [9.17, 15) is 9.59 Å². The van der Waals surface area contributed by atoms with Gasteiger partial charge in [0.1, 0.15) is 0 Å². The monoisotopic (exact) mass is 296 g/mol. The van der Waals surface area contributed by atoms with Crippen molar-refractivity contribution < 1.29 is 19.8 Å². The molecule has 2 N–H and O–H groups in total. The molecule has 1 aliphatic carbocycles. The van der Waals surface area contributed by atoms with Crippen molar-refractivity contribution in [1.29, 1.82) is 0 Å². The molecule has 1 aliphatic rings. The van der Waals surface area contributed by atoms with Gasteiger partial charge >= 0.3 is 11.9 Å². The third kappa shape index (κ3) is 2.48. The zero-order valence-electron chi connectivity index (χ0n) is 11.9. The number of carboxylic acid groups (broad SMARTS) is 2. The minimum Gasteiger partial charge on any atom is -0.480 e. The highest BCUT2D eigenvalue weighted by atomic mass is 16.4. The van der Waals surface area contributed by atoms with E-state index in [1.807, 2.05) is 18.2 Å². The summed E-state index contributed by atoms with van der Waals surface area (Å²) in [6.45, 7) is 0. The van der Waals surface area contributed by atoms with Crippen LogP contribution in [0, 0.1) is 0 Å². The summed E-state index contributed by atoms with van der Waals surface area (Å²) in [5.74, 6) is -3.98. The van der Waals surface area contributed by atoms with Gasteiger partial charge in [-0.3, -0.25) is 9.59 Å². The van der Waals surface area contributed by atoms with Crippen LogP contribution in [0.15, 0.2) is 48.5 Å². The van der Waals surface area contributed by atoms with E-state index in [4.69, 9.17) is 10.2 Å². The van der Waals surface area contributed by atoms with E-state index in [-0.39, 0.29) is 5.92 Å². The molecule has 1 unspecified atom stereocenters. The Morgan fingerprint density at radius 1 is 1.00 bits per heavy atom. The van der Waals surface area contributed by atoms with Gasteiger partial charge in [-0.25, -0.2) is 0 Å². The van der Waals surface area contributed by atoms with Crippen LogP contribution in [0.3, 0.4) is 0 Å². The molecule has 3 rings (SSSR count). The van der Waals surface area contributed by atoms with E-state index in [0.717, 1.165) is 18.4 Å². The Balaban J connectivity index is 1.99. The maximum absolute atomic E-state index is 11.2. The van der Waals surface area contributed by atoms with Gasteiger partial charge < -0.3 is 10.2 Å². The molecule has 4 nitrogen and oxygen atoms in total. The Labute approximate surface area is 128 Å². The maximum Gasteiger partial charge on any atom is 0.322 e. The molecule has 0 saturated carbocycles. The molecule has 0 aromatic heterocycles. The van der Waals surface area contributed by atoms with Crippen molar-refractivity contribution in [2.45, 2.75) is 24.7 Å². The summed E-state index contributed by atoms with van der Waals surface area (Å²) in [5.41, 5.74) is 3.87. The van der Waals surface area contributed by atoms with Gasteiger partial charge in [-0.1, -0.05) is 48.5 Å². The van der Waals surface area contributed by atoms with Gasteiger partial charge in [-0.2, -0.15) is 0 Å². The van der Waals surface area contributed by atoms with Crippen molar-refractivity contribution in [2.24, 2.45) is 0 Å². The third-order valence-electron chi connectivity index (χ3n) is 4.27. The molecule has 2 aromatic carbocycles. The fraction of sp³-hybridized carbons (Fsp3) is 0.222. The summed E-state index contributed by atoms with van der Waals surface area (Å²) >= 11 is 0. The lowest BCUT2D eigenvalue weighted by molar-refractivity contribution is -0.150. The van der Waals surface area contributed by atoms with Crippen LogP contribution in [0.2, 0.25) is 0 Å². The Morgan fingerprint density at radius 2 is 1.73 bits per heavy atom. The van der Waals surface area contributed by atoms with Gasteiger partial charge in [0.05, 0.1) is 0 Å². The van der Waals surface area contributed by atoms with Gasteiger partial charge in [0.15, 0.2) is 5.92 Å². The smallest absolute Gasteiger partial charge is 0.322 e. The van der Waals surface area contributed by atoms with E-state index >= 15 is 0 Å². The van der Waals surface area contributed by atoms with Crippen molar-refractivity contribution in [3.05, 3.63) is 70.8 Å². The number of aryl methyl sites for hydroxylation is 1. The molecule has 0 heterocycles. The minimum atomic E-state index is -1.52. The molecule has 22 heavy (non-hydrogen) atoms. The van der Waals surface area contributed by atoms with Crippen LogP contribution in [0.1, 0.15) is 40.5 Å². The fourth-order valence-corrected chi connectivity index (χ4v) is 3.25. The van der Waals surface area contributed by atoms with Crippen LogP contribution in [0.5, 0.6) is 0 Å². The Hall–Kier alpha value is -2.62. The van der Waals surface area contributed by atoms with E-state index < -0.39 is 17.9 Å². The van der Waals surface area contributed by atoms with Crippen molar-refractivity contribution >= 4 is 11.9 Å². The van der Waals surface area contributed by atoms with E-state index in [2.05, 4.69) is 12.1 Å². The summed E-state index contributed by atoms with van der Waals surface area (Å²) in [6.07, 6.45) is 1.96. The molecule has 1 atom stereocenters. The number of benzene rings is 2. The molecule has 0 aliphatic heterocycles. The average molecular weight is 296 g/mol. The van der Waals surface area contributed by atoms with Crippen LogP contribution < -0.4 is 0 Å². The van der Waals surface area contributed by atoms with Crippen molar-refractivity contribution in [2.75, 3.05) is 0 Å². The summed E-state index contributed by atoms with van der Waals surface area (Å²) in [6, 6.07) is 15.2. The molecule has 0 spiro atoms. The van der Waals surface area contributed by atoms with Crippen LogP contribution in [0.4, 0.5) is 0 Å². The van der Waals surface area contributed by atoms with Crippen molar-refractivity contribution in [3.8, 4) is 0 Å². The molecule has 0 radical (unpaired) electrons. The van der Waals surface area contributed by atoms with Gasteiger partial charge in [0.25, 0.3) is 0 Å². The maximum atomic E-state index is 11.2. The predicted molar refractivity (Wildman–Crippen MR) is 81.1 cm³/mol. The summed E-state index contributed by atoms with van der Waals surface area (Å²) in [5, 5.41) is 18.3. The first kappa shape index (κ1) is 14.3. The lowest BCUT2D eigenvalue weighted by Gasteiger charge is -2.15. The quantitative estimate of drug-likeness (QED) is 0.850. The Morgan fingerprint density at radius 3 is 2.45 bits per heavy atom. The number of hydrogen-bond donors (Lipinski definition) is 2. The zero-order chi connectivity index (χ0) is 15.7. The number of hydrogen-bond acceptors (Lipinski definition) is 2. The first-order valence-electron chi connectivity index (χ1n) is 7.21. The fourth-order valence-electron chi connectivity index (χ4n) is 3.25. The first-order valence-corrected chi connectivity index (χ1v) is 7.21. The van der Waals surface area contributed by atoms with E-state index in [1.54, 1.807) is 18.2 Å². The lowest BCUT2D eigenvalue weighted by Crippen LogP contribution is -2.21. The molecule has 2 aromatic rings. The lowest BCUT2D eigenvalue weighted by atomic mass is 9.89. The molecule has 0 saturated heterocycles. The number of aliphatic carboxylic acids is 2. The highest BCUT2D eigenvalue weighted by Crippen LogP contribution is 2.38. The minimum absolute atomic E-state index is 0.208. The molecule has 0 bridgehead atoms. The van der Waals surface area contributed by atoms with Crippen LogP contribution in [-0.4, -0.2) is 22.2 Å². The average Bonchev–Trinajstić information content (AvgIpc) is 2.90. The topological polar surface area (TPSA) is 74.6 Å². The second kappa shape index (κ2) is 5.64. The molecule has 0 amide bonds. The molecular weight excluding hydrogens is 280 g/mol. The van der Waals surface area contributed by atoms with Crippen LogP contribution in [0.25, 0.3) is 0 Å². The van der Waals surface area contributed by atoms with E-state index in [0.29, 0.717) is 5.56 Å². The standard InChI is InChI=1S/C18H16O4/c19-17(20)16(18(21)22)13-6-3-5-12(10-13)15-9-8-11-4-1-2-7-14(11)15/h1-7,10,15-16H,8-9H2,(H,19,20)(H,21,22). The number of carboxylic acids is 2. The van der Waals surface area contributed by atoms with Gasteiger partial charge in [0.2, 0.25) is 0 Å².